The lowest BCUT2D eigenvalue weighted by atomic mass is 10.0. The second-order valence-corrected chi connectivity index (χ2v) is 5.11. The number of nitrogens with one attached hydrogen (secondary N) is 1. The molecule has 1 aliphatic rings. The molecule has 4 heteroatoms. The first-order valence-corrected chi connectivity index (χ1v) is 6.16. The van der Waals surface area contributed by atoms with Crippen LogP contribution < -0.4 is 11.1 Å². The topological polar surface area (TPSA) is 60.2 Å². The van der Waals surface area contributed by atoms with Gasteiger partial charge in [-0.1, -0.05) is 6.07 Å². The van der Waals surface area contributed by atoms with Gasteiger partial charge in [0.05, 0.1) is 23.5 Å². The molecule has 1 aromatic heterocycles. The van der Waals surface area contributed by atoms with E-state index in [4.69, 9.17) is 10.5 Å². The lowest BCUT2D eigenvalue weighted by Crippen LogP contribution is -2.35. The zero-order valence-corrected chi connectivity index (χ0v) is 10.4. The first-order valence-electron chi connectivity index (χ1n) is 6.16. The molecule has 3 rings (SSSR count). The number of fused-ring (bicyclic) bond motifs is 1. The molecule has 1 aromatic carbocycles. The van der Waals surface area contributed by atoms with Gasteiger partial charge in [-0.25, -0.2) is 0 Å². The molecule has 1 fully saturated rings. The van der Waals surface area contributed by atoms with Gasteiger partial charge in [-0.15, -0.1) is 0 Å². The van der Waals surface area contributed by atoms with Crippen LogP contribution in [0.2, 0.25) is 0 Å². The molecule has 1 aliphatic heterocycles. The monoisotopic (exact) mass is 243 g/mol. The third-order valence-electron chi connectivity index (χ3n) is 3.52. The highest BCUT2D eigenvalue weighted by Gasteiger charge is 2.29. The van der Waals surface area contributed by atoms with Crippen molar-refractivity contribution in [3.63, 3.8) is 0 Å². The minimum absolute atomic E-state index is 0.0190. The number of pyridine rings is 1. The highest BCUT2D eigenvalue weighted by Crippen LogP contribution is 2.32. The molecule has 3 N–H and O–H groups in total. The Kier molecular flexibility index (Phi) is 2.59. The van der Waals surface area contributed by atoms with Crippen molar-refractivity contribution in [2.75, 3.05) is 24.3 Å². The second-order valence-electron chi connectivity index (χ2n) is 5.11. The summed E-state index contributed by atoms with van der Waals surface area (Å²) in [5, 5.41) is 5.61. The third kappa shape index (κ3) is 1.88. The molecule has 0 spiro atoms. The molecular weight excluding hydrogens is 226 g/mol. The summed E-state index contributed by atoms with van der Waals surface area (Å²) in [5.41, 5.74) is 7.96. The van der Waals surface area contributed by atoms with Crippen LogP contribution in [0, 0.1) is 0 Å². The molecule has 2 heterocycles. The molecule has 0 radical (unpaired) electrons. The molecule has 1 unspecified atom stereocenters. The first kappa shape index (κ1) is 11.3. The maximum atomic E-state index is 6.22. The molecule has 0 bridgehead atoms. The fourth-order valence-corrected chi connectivity index (χ4v) is 2.39. The predicted molar refractivity (Wildman–Crippen MR) is 73.6 cm³/mol. The molecule has 2 aromatic rings. The summed E-state index contributed by atoms with van der Waals surface area (Å²) < 4.78 is 5.45. The van der Waals surface area contributed by atoms with Crippen LogP contribution in [-0.4, -0.2) is 23.7 Å². The summed E-state index contributed by atoms with van der Waals surface area (Å²) in [6.07, 6.45) is 4.60. The van der Waals surface area contributed by atoms with E-state index in [0.29, 0.717) is 0 Å². The van der Waals surface area contributed by atoms with Gasteiger partial charge in [-0.3, -0.25) is 4.98 Å². The maximum absolute atomic E-state index is 6.22. The minimum atomic E-state index is -0.0190. The molecule has 1 saturated heterocycles. The van der Waals surface area contributed by atoms with Crippen LogP contribution in [-0.2, 0) is 4.74 Å². The highest BCUT2D eigenvalue weighted by molar-refractivity contribution is 5.98. The van der Waals surface area contributed by atoms with E-state index in [2.05, 4.69) is 17.2 Å². The Hall–Kier alpha value is -1.81. The fraction of sp³-hybridized carbons (Fsp3) is 0.357. The third-order valence-corrected chi connectivity index (χ3v) is 3.52. The highest BCUT2D eigenvalue weighted by atomic mass is 16.5. The largest absolute Gasteiger partial charge is 0.397 e. The van der Waals surface area contributed by atoms with E-state index in [0.717, 1.165) is 41.8 Å². The molecule has 4 nitrogen and oxygen atoms in total. The van der Waals surface area contributed by atoms with Gasteiger partial charge < -0.3 is 15.8 Å². The van der Waals surface area contributed by atoms with Crippen LogP contribution in [0.5, 0.6) is 0 Å². The summed E-state index contributed by atoms with van der Waals surface area (Å²) in [6.45, 7) is 3.69. The Morgan fingerprint density at radius 2 is 2.28 bits per heavy atom. The van der Waals surface area contributed by atoms with Crippen molar-refractivity contribution in [1.29, 1.82) is 0 Å². The average molecular weight is 243 g/mol. The van der Waals surface area contributed by atoms with E-state index in [9.17, 15) is 0 Å². The summed E-state index contributed by atoms with van der Waals surface area (Å²) in [5.74, 6) is 0. The van der Waals surface area contributed by atoms with Crippen molar-refractivity contribution in [3.05, 3.63) is 30.6 Å². The van der Waals surface area contributed by atoms with Gasteiger partial charge in [0.1, 0.15) is 0 Å². The molecule has 1 atom stereocenters. The fourth-order valence-electron chi connectivity index (χ4n) is 2.39. The van der Waals surface area contributed by atoms with E-state index in [1.807, 2.05) is 24.4 Å². The van der Waals surface area contributed by atoms with Crippen molar-refractivity contribution in [1.82, 2.24) is 4.98 Å². The SMILES string of the molecule is CC1(Nc2ccc3cnccc3c2N)CCOC1. The average Bonchev–Trinajstić information content (AvgIpc) is 2.80. The van der Waals surface area contributed by atoms with Crippen LogP contribution in [0.25, 0.3) is 10.8 Å². The molecule has 94 valence electrons. The smallest absolute Gasteiger partial charge is 0.0694 e. The second kappa shape index (κ2) is 4.14. The van der Waals surface area contributed by atoms with Gasteiger partial charge in [0.2, 0.25) is 0 Å². The predicted octanol–water partition coefficient (Wildman–Crippen LogP) is 2.41. The van der Waals surface area contributed by atoms with Crippen molar-refractivity contribution < 1.29 is 4.74 Å². The van der Waals surface area contributed by atoms with E-state index in [1.54, 1.807) is 6.20 Å². The van der Waals surface area contributed by atoms with Crippen LogP contribution in [0.4, 0.5) is 11.4 Å². The molecule has 0 aliphatic carbocycles. The number of hydrogen-bond acceptors (Lipinski definition) is 4. The number of hydrogen-bond donors (Lipinski definition) is 2. The summed E-state index contributed by atoms with van der Waals surface area (Å²) in [6, 6.07) is 6.01. The molecular formula is C14H17N3O. The van der Waals surface area contributed by atoms with E-state index >= 15 is 0 Å². The summed E-state index contributed by atoms with van der Waals surface area (Å²) in [7, 11) is 0. The Labute approximate surface area is 106 Å². The number of nitrogen functional groups attached to an aromatic ring is 1. The Morgan fingerprint density at radius 3 is 3.06 bits per heavy atom. The number of nitrogens with zero attached hydrogens (tertiary/aromatic N) is 1. The number of rotatable bonds is 2. The van der Waals surface area contributed by atoms with Crippen LogP contribution in [0.15, 0.2) is 30.6 Å². The Morgan fingerprint density at radius 1 is 1.39 bits per heavy atom. The maximum Gasteiger partial charge on any atom is 0.0694 e. The van der Waals surface area contributed by atoms with Gasteiger partial charge in [-0.2, -0.15) is 0 Å². The van der Waals surface area contributed by atoms with Gasteiger partial charge in [0, 0.05) is 29.8 Å². The zero-order chi connectivity index (χ0) is 12.6. The first-order chi connectivity index (χ1) is 8.68. The Balaban J connectivity index is 1.99. The Bertz CT molecular complexity index is 576. The van der Waals surface area contributed by atoms with Crippen molar-refractivity contribution >= 4 is 22.1 Å². The van der Waals surface area contributed by atoms with E-state index < -0.39 is 0 Å². The summed E-state index contributed by atoms with van der Waals surface area (Å²) in [4.78, 5) is 4.10. The van der Waals surface area contributed by atoms with Crippen molar-refractivity contribution in [3.8, 4) is 0 Å². The molecule has 0 amide bonds. The number of nitrogens with two attached hydrogens (primary N) is 1. The van der Waals surface area contributed by atoms with Crippen molar-refractivity contribution in [2.45, 2.75) is 18.9 Å². The van der Waals surface area contributed by atoms with Gasteiger partial charge in [0.15, 0.2) is 0 Å². The number of benzene rings is 1. The van der Waals surface area contributed by atoms with Crippen LogP contribution >= 0.6 is 0 Å². The quantitative estimate of drug-likeness (QED) is 0.795. The number of anilines is 2. The van der Waals surface area contributed by atoms with Crippen molar-refractivity contribution in [2.24, 2.45) is 0 Å². The summed E-state index contributed by atoms with van der Waals surface area (Å²) >= 11 is 0. The normalized spacial score (nSPS) is 23.4. The van der Waals surface area contributed by atoms with E-state index in [-0.39, 0.29) is 5.54 Å². The lowest BCUT2D eigenvalue weighted by Gasteiger charge is -2.26. The van der Waals surface area contributed by atoms with Gasteiger partial charge in [-0.05, 0) is 25.5 Å². The van der Waals surface area contributed by atoms with Crippen LogP contribution in [0.1, 0.15) is 13.3 Å². The number of aromatic nitrogens is 1. The molecule has 0 saturated carbocycles. The molecule has 18 heavy (non-hydrogen) atoms. The van der Waals surface area contributed by atoms with Gasteiger partial charge >= 0.3 is 0 Å². The minimum Gasteiger partial charge on any atom is -0.397 e. The standard InChI is InChI=1S/C14H17N3O/c1-14(5-7-18-9-14)17-12-3-2-10-8-16-6-4-11(10)13(12)15/h2-4,6,8,17H,5,7,9,15H2,1H3. The van der Waals surface area contributed by atoms with Gasteiger partial charge in [0.25, 0.3) is 0 Å². The zero-order valence-electron chi connectivity index (χ0n) is 10.4. The number of ether oxygens (including phenoxy) is 1. The van der Waals surface area contributed by atoms with Crippen LogP contribution in [0.3, 0.4) is 0 Å². The van der Waals surface area contributed by atoms with E-state index in [1.165, 1.54) is 0 Å². The lowest BCUT2D eigenvalue weighted by molar-refractivity contribution is 0.185.